The van der Waals surface area contributed by atoms with E-state index < -0.39 is 0 Å². The van der Waals surface area contributed by atoms with Crippen molar-refractivity contribution in [3.63, 3.8) is 0 Å². The molecule has 178 valence electrons. The first kappa shape index (κ1) is 24.0. The minimum Gasteiger partial charge on any atom is -0.310 e. The lowest BCUT2D eigenvalue weighted by molar-refractivity contribution is 0.590. The standard InChI is InChI=1S/C33H29BrN2/c1-33(2,3)28-11-17-31(18-12-28)36(30-15-9-24(10-16-30)26-19-21-35-22-20-26)32-6-4-5-27(23-32)25-7-13-29(34)14-8-25/h4-23H,1-3H3. The normalized spacial score (nSPS) is 11.3. The number of benzene rings is 4. The second kappa shape index (κ2) is 10.1. The highest BCUT2D eigenvalue weighted by Crippen LogP contribution is 2.38. The summed E-state index contributed by atoms with van der Waals surface area (Å²) in [7, 11) is 0. The summed E-state index contributed by atoms with van der Waals surface area (Å²) in [6.07, 6.45) is 3.67. The van der Waals surface area contributed by atoms with E-state index in [4.69, 9.17) is 0 Å². The molecule has 0 amide bonds. The van der Waals surface area contributed by atoms with Gasteiger partial charge in [0.05, 0.1) is 0 Å². The topological polar surface area (TPSA) is 16.1 Å². The minimum absolute atomic E-state index is 0.108. The van der Waals surface area contributed by atoms with Gasteiger partial charge in [0.25, 0.3) is 0 Å². The quantitative estimate of drug-likeness (QED) is 0.224. The van der Waals surface area contributed by atoms with Crippen LogP contribution >= 0.6 is 15.9 Å². The molecule has 1 heterocycles. The Bertz CT molecular complexity index is 1430. The SMILES string of the molecule is CC(C)(C)c1ccc(N(c2ccc(-c3ccncc3)cc2)c2cccc(-c3ccc(Br)cc3)c2)cc1. The van der Waals surface area contributed by atoms with Crippen LogP contribution in [0.1, 0.15) is 26.3 Å². The zero-order chi connectivity index (χ0) is 25.1. The Kier molecular flexibility index (Phi) is 6.75. The smallest absolute Gasteiger partial charge is 0.0467 e. The molecule has 1 aromatic heterocycles. The van der Waals surface area contributed by atoms with E-state index in [0.717, 1.165) is 27.1 Å². The van der Waals surface area contributed by atoms with Crippen LogP contribution in [0.2, 0.25) is 0 Å². The second-order valence-corrected chi connectivity index (χ2v) is 10.9. The van der Waals surface area contributed by atoms with E-state index in [1.807, 2.05) is 24.5 Å². The van der Waals surface area contributed by atoms with Crippen molar-refractivity contribution in [1.82, 2.24) is 4.98 Å². The molecular weight excluding hydrogens is 504 g/mol. The molecule has 0 spiro atoms. The summed E-state index contributed by atoms with van der Waals surface area (Å²) in [6, 6.07) is 39.0. The molecule has 36 heavy (non-hydrogen) atoms. The number of halogens is 1. The van der Waals surface area contributed by atoms with Gasteiger partial charge in [-0.3, -0.25) is 4.98 Å². The molecule has 5 rings (SSSR count). The number of hydrogen-bond donors (Lipinski definition) is 0. The molecule has 0 aliphatic rings. The Morgan fingerprint density at radius 2 is 1.08 bits per heavy atom. The molecule has 0 N–H and O–H groups in total. The maximum atomic E-state index is 4.15. The molecule has 0 fully saturated rings. The van der Waals surface area contributed by atoms with Gasteiger partial charge in [-0.25, -0.2) is 0 Å². The van der Waals surface area contributed by atoms with Crippen molar-refractivity contribution < 1.29 is 0 Å². The van der Waals surface area contributed by atoms with E-state index in [-0.39, 0.29) is 5.41 Å². The molecule has 2 nitrogen and oxygen atoms in total. The molecular formula is C33H29BrN2. The highest BCUT2D eigenvalue weighted by atomic mass is 79.9. The van der Waals surface area contributed by atoms with Crippen molar-refractivity contribution in [2.24, 2.45) is 0 Å². The van der Waals surface area contributed by atoms with Gasteiger partial charge >= 0.3 is 0 Å². The molecule has 0 aliphatic carbocycles. The predicted molar refractivity (Wildman–Crippen MR) is 156 cm³/mol. The van der Waals surface area contributed by atoms with Crippen molar-refractivity contribution >= 4 is 33.0 Å². The fourth-order valence-corrected chi connectivity index (χ4v) is 4.64. The molecule has 0 atom stereocenters. The summed E-state index contributed by atoms with van der Waals surface area (Å²) >= 11 is 3.55. The molecule has 3 heteroatoms. The molecule has 0 bridgehead atoms. The Hall–Kier alpha value is -3.69. The van der Waals surface area contributed by atoms with Crippen LogP contribution < -0.4 is 4.90 Å². The number of pyridine rings is 1. The summed E-state index contributed by atoms with van der Waals surface area (Å²) in [4.78, 5) is 6.47. The van der Waals surface area contributed by atoms with Gasteiger partial charge in [-0.15, -0.1) is 0 Å². The van der Waals surface area contributed by atoms with Gasteiger partial charge in [0, 0.05) is 33.9 Å². The van der Waals surface area contributed by atoms with Gasteiger partial charge in [0.15, 0.2) is 0 Å². The van der Waals surface area contributed by atoms with E-state index >= 15 is 0 Å². The van der Waals surface area contributed by atoms with E-state index in [2.05, 4.69) is 144 Å². The van der Waals surface area contributed by atoms with Crippen LogP contribution in [0.3, 0.4) is 0 Å². The van der Waals surface area contributed by atoms with Crippen LogP contribution in [0.5, 0.6) is 0 Å². The van der Waals surface area contributed by atoms with Crippen molar-refractivity contribution in [3.8, 4) is 22.3 Å². The first-order chi connectivity index (χ1) is 17.4. The highest BCUT2D eigenvalue weighted by Gasteiger charge is 2.17. The number of aromatic nitrogens is 1. The van der Waals surface area contributed by atoms with E-state index in [1.54, 1.807) is 0 Å². The summed E-state index contributed by atoms with van der Waals surface area (Å²) in [5.74, 6) is 0. The number of anilines is 3. The Morgan fingerprint density at radius 1 is 0.556 bits per heavy atom. The molecule has 0 radical (unpaired) electrons. The Balaban J connectivity index is 1.58. The fraction of sp³-hybridized carbons (Fsp3) is 0.121. The van der Waals surface area contributed by atoms with Crippen LogP contribution in [0.25, 0.3) is 22.3 Å². The van der Waals surface area contributed by atoms with Crippen molar-refractivity contribution in [3.05, 3.63) is 132 Å². The summed E-state index contributed by atoms with van der Waals surface area (Å²) < 4.78 is 1.08. The van der Waals surface area contributed by atoms with Crippen molar-refractivity contribution in [1.29, 1.82) is 0 Å². The highest BCUT2D eigenvalue weighted by molar-refractivity contribution is 9.10. The van der Waals surface area contributed by atoms with Gasteiger partial charge in [-0.05, 0) is 93.9 Å². The molecule has 0 unspecified atom stereocenters. The molecule has 5 aromatic rings. The largest absolute Gasteiger partial charge is 0.310 e. The molecule has 0 saturated carbocycles. The first-order valence-electron chi connectivity index (χ1n) is 12.2. The third-order valence-electron chi connectivity index (χ3n) is 6.41. The predicted octanol–water partition coefficient (Wildman–Crippen LogP) is 9.95. The van der Waals surface area contributed by atoms with Crippen LogP contribution in [0.4, 0.5) is 17.1 Å². The monoisotopic (exact) mass is 532 g/mol. The Morgan fingerprint density at radius 3 is 1.69 bits per heavy atom. The zero-order valence-corrected chi connectivity index (χ0v) is 22.4. The summed E-state index contributed by atoms with van der Waals surface area (Å²) in [6.45, 7) is 6.75. The molecule has 0 aliphatic heterocycles. The third-order valence-corrected chi connectivity index (χ3v) is 6.94. The average molecular weight is 534 g/mol. The van der Waals surface area contributed by atoms with Gasteiger partial charge in [-0.1, -0.05) is 85.2 Å². The van der Waals surface area contributed by atoms with Gasteiger partial charge in [0.2, 0.25) is 0 Å². The van der Waals surface area contributed by atoms with Crippen LogP contribution in [0.15, 0.2) is 126 Å². The average Bonchev–Trinajstić information content (AvgIpc) is 2.90. The molecule has 4 aromatic carbocycles. The van der Waals surface area contributed by atoms with Gasteiger partial charge in [-0.2, -0.15) is 0 Å². The minimum atomic E-state index is 0.108. The van der Waals surface area contributed by atoms with Crippen LogP contribution in [-0.4, -0.2) is 4.98 Å². The van der Waals surface area contributed by atoms with Gasteiger partial charge < -0.3 is 4.90 Å². The zero-order valence-electron chi connectivity index (χ0n) is 20.8. The maximum Gasteiger partial charge on any atom is 0.0467 e. The van der Waals surface area contributed by atoms with E-state index in [0.29, 0.717) is 0 Å². The maximum absolute atomic E-state index is 4.15. The van der Waals surface area contributed by atoms with E-state index in [1.165, 1.54) is 22.3 Å². The lowest BCUT2D eigenvalue weighted by Crippen LogP contribution is -2.13. The fourth-order valence-electron chi connectivity index (χ4n) is 4.37. The van der Waals surface area contributed by atoms with Crippen molar-refractivity contribution in [2.45, 2.75) is 26.2 Å². The molecule has 0 saturated heterocycles. The number of rotatable bonds is 5. The Labute approximate surface area is 222 Å². The number of nitrogens with zero attached hydrogens (tertiary/aromatic N) is 2. The van der Waals surface area contributed by atoms with Crippen molar-refractivity contribution in [2.75, 3.05) is 4.90 Å². The summed E-state index contributed by atoms with van der Waals surface area (Å²) in [5, 5.41) is 0. The lowest BCUT2D eigenvalue weighted by atomic mass is 9.87. The third kappa shape index (κ3) is 5.27. The van der Waals surface area contributed by atoms with E-state index in [9.17, 15) is 0 Å². The van der Waals surface area contributed by atoms with Crippen LogP contribution in [-0.2, 0) is 5.41 Å². The van der Waals surface area contributed by atoms with Crippen LogP contribution in [0, 0.1) is 0 Å². The first-order valence-corrected chi connectivity index (χ1v) is 12.9. The lowest BCUT2D eigenvalue weighted by Gasteiger charge is -2.27. The second-order valence-electron chi connectivity index (χ2n) is 9.97. The summed E-state index contributed by atoms with van der Waals surface area (Å²) in [5.41, 5.74) is 9.51. The van der Waals surface area contributed by atoms with Gasteiger partial charge in [0.1, 0.15) is 0 Å². The number of hydrogen-bond acceptors (Lipinski definition) is 2.